The van der Waals surface area contributed by atoms with Crippen molar-refractivity contribution in [3.05, 3.63) is 22.4 Å². The average molecular weight is 287 g/mol. The van der Waals surface area contributed by atoms with Crippen LogP contribution in [0.4, 0.5) is 0 Å². The van der Waals surface area contributed by atoms with Gasteiger partial charge < -0.3 is 0 Å². The van der Waals surface area contributed by atoms with Crippen LogP contribution in [0, 0.1) is 5.92 Å². The van der Waals surface area contributed by atoms with E-state index in [0.29, 0.717) is 0 Å². The van der Waals surface area contributed by atoms with Gasteiger partial charge in [-0.1, -0.05) is 34.8 Å². The number of hydrogen-bond acceptors (Lipinski definition) is 1. The maximum atomic E-state index is 3.87. The van der Waals surface area contributed by atoms with Gasteiger partial charge in [0, 0.05) is 9.70 Å². The first-order valence-electron chi connectivity index (χ1n) is 6.03. The molecule has 0 nitrogen and oxygen atoms in total. The molecular weight excluding hydrogens is 268 g/mol. The molecule has 0 aliphatic heterocycles. The molecule has 0 bridgehead atoms. The number of thiophene rings is 1. The van der Waals surface area contributed by atoms with Gasteiger partial charge in [-0.25, -0.2) is 0 Å². The lowest BCUT2D eigenvalue weighted by molar-refractivity contribution is 0.496. The molecule has 2 heteroatoms. The highest BCUT2D eigenvalue weighted by Gasteiger charge is 2.22. The first kappa shape index (κ1) is 11.7. The second kappa shape index (κ2) is 6.05. The highest BCUT2D eigenvalue weighted by Crippen LogP contribution is 2.33. The molecule has 0 spiro atoms. The molecule has 0 saturated heterocycles. The summed E-state index contributed by atoms with van der Waals surface area (Å²) in [7, 11) is 0. The van der Waals surface area contributed by atoms with Gasteiger partial charge >= 0.3 is 0 Å². The van der Waals surface area contributed by atoms with Crippen molar-refractivity contribution in [3.63, 3.8) is 0 Å². The zero-order chi connectivity index (χ0) is 10.5. The molecule has 0 aromatic carbocycles. The molecule has 1 aromatic rings. The lowest BCUT2D eigenvalue weighted by Gasteiger charge is -2.16. The Balaban J connectivity index is 1.64. The van der Waals surface area contributed by atoms with Gasteiger partial charge in [0.1, 0.15) is 0 Å². The molecule has 1 heterocycles. The highest BCUT2D eigenvalue weighted by atomic mass is 79.9. The van der Waals surface area contributed by atoms with Crippen molar-refractivity contribution in [2.45, 2.75) is 49.8 Å². The van der Waals surface area contributed by atoms with Gasteiger partial charge in [-0.3, -0.25) is 0 Å². The summed E-state index contributed by atoms with van der Waals surface area (Å²) in [5.41, 5.74) is 0. The Morgan fingerprint density at radius 2 is 2.20 bits per heavy atom. The first-order chi connectivity index (χ1) is 7.36. The number of aryl methyl sites for hydroxylation is 1. The van der Waals surface area contributed by atoms with Crippen molar-refractivity contribution >= 4 is 27.3 Å². The fraction of sp³-hybridized carbons (Fsp3) is 0.692. The van der Waals surface area contributed by atoms with Crippen LogP contribution in [0.1, 0.15) is 43.4 Å². The molecule has 1 aliphatic carbocycles. The van der Waals surface area contributed by atoms with Crippen LogP contribution in [-0.2, 0) is 6.42 Å². The van der Waals surface area contributed by atoms with Crippen molar-refractivity contribution in [1.82, 2.24) is 0 Å². The van der Waals surface area contributed by atoms with Crippen molar-refractivity contribution in [3.8, 4) is 0 Å². The second-order valence-corrected chi connectivity index (χ2v) is 6.74. The SMILES string of the molecule is BrC(CCCc1cccs1)C1CCCC1. The first-order valence-corrected chi connectivity index (χ1v) is 7.82. The van der Waals surface area contributed by atoms with E-state index in [2.05, 4.69) is 33.4 Å². The van der Waals surface area contributed by atoms with E-state index in [1.165, 1.54) is 44.9 Å². The molecule has 2 rings (SSSR count). The summed E-state index contributed by atoms with van der Waals surface area (Å²) in [6.45, 7) is 0. The van der Waals surface area contributed by atoms with E-state index in [4.69, 9.17) is 0 Å². The number of halogens is 1. The topological polar surface area (TPSA) is 0 Å². The Kier molecular flexibility index (Phi) is 4.70. The van der Waals surface area contributed by atoms with E-state index in [9.17, 15) is 0 Å². The van der Waals surface area contributed by atoms with E-state index in [0.717, 1.165) is 10.7 Å². The monoisotopic (exact) mass is 286 g/mol. The quantitative estimate of drug-likeness (QED) is 0.667. The predicted molar refractivity (Wildman–Crippen MR) is 71.9 cm³/mol. The van der Waals surface area contributed by atoms with Crippen LogP contribution in [0.2, 0.25) is 0 Å². The molecule has 1 aromatic heterocycles. The van der Waals surface area contributed by atoms with Gasteiger partial charge in [0.25, 0.3) is 0 Å². The van der Waals surface area contributed by atoms with Gasteiger partial charge in [0.15, 0.2) is 0 Å². The fourth-order valence-electron chi connectivity index (χ4n) is 2.48. The summed E-state index contributed by atoms with van der Waals surface area (Å²) in [6.07, 6.45) is 9.78. The van der Waals surface area contributed by atoms with E-state index in [1.807, 2.05) is 11.3 Å². The van der Waals surface area contributed by atoms with Crippen LogP contribution in [0.3, 0.4) is 0 Å². The second-order valence-electron chi connectivity index (χ2n) is 4.53. The minimum atomic E-state index is 0.778. The Hall–Kier alpha value is 0.180. The molecule has 0 N–H and O–H groups in total. The molecule has 1 aliphatic rings. The minimum Gasteiger partial charge on any atom is -0.149 e. The van der Waals surface area contributed by atoms with E-state index < -0.39 is 0 Å². The maximum Gasteiger partial charge on any atom is 0.0174 e. The summed E-state index contributed by atoms with van der Waals surface area (Å²) in [5, 5.41) is 2.18. The number of rotatable bonds is 5. The highest BCUT2D eigenvalue weighted by molar-refractivity contribution is 9.09. The molecule has 1 unspecified atom stereocenters. The van der Waals surface area contributed by atoms with Crippen LogP contribution in [0.15, 0.2) is 17.5 Å². The van der Waals surface area contributed by atoms with Crippen LogP contribution in [0.5, 0.6) is 0 Å². The Bertz CT molecular complexity index is 262. The van der Waals surface area contributed by atoms with E-state index >= 15 is 0 Å². The summed E-state index contributed by atoms with van der Waals surface area (Å²) >= 11 is 5.76. The van der Waals surface area contributed by atoms with Crippen LogP contribution in [-0.4, -0.2) is 4.83 Å². The van der Waals surface area contributed by atoms with Gasteiger partial charge in [0.2, 0.25) is 0 Å². The predicted octanol–water partition coefficient (Wildman–Crippen LogP) is 5.02. The maximum absolute atomic E-state index is 3.87. The van der Waals surface area contributed by atoms with Crippen molar-refractivity contribution in [1.29, 1.82) is 0 Å². The smallest absolute Gasteiger partial charge is 0.0174 e. The molecule has 0 radical (unpaired) electrons. The van der Waals surface area contributed by atoms with Crippen molar-refractivity contribution < 1.29 is 0 Å². The third-order valence-electron chi connectivity index (χ3n) is 3.39. The van der Waals surface area contributed by atoms with E-state index in [-0.39, 0.29) is 0 Å². The summed E-state index contributed by atoms with van der Waals surface area (Å²) in [4.78, 5) is 2.32. The molecule has 1 atom stereocenters. The van der Waals surface area contributed by atoms with Crippen molar-refractivity contribution in [2.24, 2.45) is 5.92 Å². The van der Waals surface area contributed by atoms with Crippen LogP contribution >= 0.6 is 27.3 Å². The zero-order valence-electron chi connectivity index (χ0n) is 9.12. The molecule has 84 valence electrons. The standard InChI is InChI=1S/C13H19BrS/c14-13(11-5-1-2-6-11)9-3-7-12-8-4-10-15-12/h4,8,10-11,13H,1-3,5-7,9H2. The molecule has 1 fully saturated rings. The molecule has 15 heavy (non-hydrogen) atoms. The van der Waals surface area contributed by atoms with Gasteiger partial charge in [-0.15, -0.1) is 11.3 Å². The zero-order valence-corrected chi connectivity index (χ0v) is 11.5. The summed E-state index contributed by atoms with van der Waals surface area (Å²) in [6, 6.07) is 4.41. The van der Waals surface area contributed by atoms with Gasteiger partial charge in [-0.05, 0) is 49.5 Å². The van der Waals surface area contributed by atoms with E-state index in [1.54, 1.807) is 4.88 Å². The lowest BCUT2D eigenvalue weighted by atomic mass is 9.99. The minimum absolute atomic E-state index is 0.778. The Morgan fingerprint density at radius 1 is 1.40 bits per heavy atom. The molecule has 0 amide bonds. The Morgan fingerprint density at radius 3 is 2.87 bits per heavy atom. The van der Waals surface area contributed by atoms with Crippen LogP contribution < -0.4 is 0 Å². The third kappa shape index (κ3) is 3.60. The number of alkyl halides is 1. The Labute approximate surface area is 105 Å². The third-order valence-corrected chi connectivity index (χ3v) is 5.54. The fourth-order valence-corrected chi connectivity index (χ4v) is 4.08. The normalized spacial score (nSPS) is 19.5. The largest absolute Gasteiger partial charge is 0.149 e. The molecule has 1 saturated carbocycles. The average Bonchev–Trinajstić information content (AvgIpc) is 2.90. The molecular formula is C13H19BrS. The van der Waals surface area contributed by atoms with Crippen molar-refractivity contribution in [2.75, 3.05) is 0 Å². The number of hydrogen-bond donors (Lipinski definition) is 0. The van der Waals surface area contributed by atoms with Gasteiger partial charge in [0.05, 0.1) is 0 Å². The lowest BCUT2D eigenvalue weighted by Crippen LogP contribution is -2.10. The summed E-state index contributed by atoms with van der Waals surface area (Å²) < 4.78 is 0. The van der Waals surface area contributed by atoms with Crippen LogP contribution in [0.25, 0.3) is 0 Å². The van der Waals surface area contributed by atoms with Gasteiger partial charge in [-0.2, -0.15) is 0 Å². The summed E-state index contributed by atoms with van der Waals surface area (Å²) in [5.74, 6) is 0.966.